The largest absolute Gasteiger partial charge is 0.512 e. The molecule has 0 aliphatic heterocycles. The Balaban J connectivity index is 2.02. The smallest absolute Gasteiger partial charge is 0.165 e. The van der Waals surface area contributed by atoms with Crippen LogP contribution in [0, 0.1) is 16.7 Å². The van der Waals surface area contributed by atoms with Crippen molar-refractivity contribution in [2.24, 2.45) is 16.7 Å². The van der Waals surface area contributed by atoms with Crippen LogP contribution in [-0.2, 0) is 4.79 Å². The van der Waals surface area contributed by atoms with Gasteiger partial charge in [-0.2, -0.15) is 0 Å². The van der Waals surface area contributed by atoms with Crippen molar-refractivity contribution < 1.29 is 9.90 Å². The Kier molecular flexibility index (Phi) is 5.16. The number of aliphatic hydroxyl groups is 1. The van der Waals surface area contributed by atoms with Crippen molar-refractivity contribution in [3.8, 4) is 0 Å². The van der Waals surface area contributed by atoms with E-state index in [4.69, 9.17) is 0 Å². The van der Waals surface area contributed by atoms with E-state index in [0.29, 0.717) is 11.2 Å². The normalized spacial score (nSPS) is 26.5. The lowest BCUT2D eigenvalue weighted by Crippen LogP contribution is -2.32. The molecule has 0 amide bonds. The summed E-state index contributed by atoms with van der Waals surface area (Å²) in [6.45, 7) is 6.71. The van der Waals surface area contributed by atoms with Gasteiger partial charge in [-0.1, -0.05) is 40.0 Å². The first-order valence-corrected chi connectivity index (χ1v) is 8.84. The van der Waals surface area contributed by atoms with Gasteiger partial charge in [0, 0.05) is 17.4 Å². The molecule has 2 heteroatoms. The molecule has 0 aromatic carbocycles. The summed E-state index contributed by atoms with van der Waals surface area (Å²) >= 11 is 0. The third-order valence-corrected chi connectivity index (χ3v) is 6.05. The zero-order valence-corrected chi connectivity index (χ0v) is 14.1. The van der Waals surface area contributed by atoms with Gasteiger partial charge in [0.05, 0.1) is 5.76 Å². The molecule has 0 spiro atoms. The molecule has 2 rings (SSSR count). The van der Waals surface area contributed by atoms with E-state index in [2.05, 4.69) is 20.8 Å². The summed E-state index contributed by atoms with van der Waals surface area (Å²) in [6, 6.07) is 0. The SMILES string of the molecule is CCC1(C(=O)/C=C(\O)C2CCC(C)(C)CC2)CCCCC1. The summed E-state index contributed by atoms with van der Waals surface area (Å²) in [4.78, 5) is 12.7. The van der Waals surface area contributed by atoms with E-state index in [9.17, 15) is 9.90 Å². The Morgan fingerprint density at radius 2 is 1.67 bits per heavy atom. The highest BCUT2D eigenvalue weighted by molar-refractivity contribution is 5.95. The van der Waals surface area contributed by atoms with Crippen molar-refractivity contribution in [1.29, 1.82) is 0 Å². The summed E-state index contributed by atoms with van der Waals surface area (Å²) in [7, 11) is 0. The second-order valence-electron chi connectivity index (χ2n) is 8.07. The first kappa shape index (κ1) is 16.6. The number of carbonyl (C=O) groups is 1. The molecule has 21 heavy (non-hydrogen) atoms. The second-order valence-corrected chi connectivity index (χ2v) is 8.07. The van der Waals surface area contributed by atoms with E-state index in [1.165, 1.54) is 6.42 Å². The zero-order valence-electron chi connectivity index (χ0n) is 14.1. The van der Waals surface area contributed by atoms with Crippen LogP contribution in [0.2, 0.25) is 0 Å². The number of ketones is 1. The summed E-state index contributed by atoms with van der Waals surface area (Å²) in [5.74, 6) is 0.750. The van der Waals surface area contributed by atoms with Gasteiger partial charge in [-0.15, -0.1) is 0 Å². The first-order valence-electron chi connectivity index (χ1n) is 8.84. The van der Waals surface area contributed by atoms with Gasteiger partial charge in [-0.3, -0.25) is 4.79 Å². The van der Waals surface area contributed by atoms with E-state index in [-0.39, 0.29) is 17.1 Å². The fourth-order valence-corrected chi connectivity index (χ4v) is 4.10. The molecule has 0 aromatic heterocycles. The maximum Gasteiger partial charge on any atom is 0.165 e. The van der Waals surface area contributed by atoms with E-state index < -0.39 is 0 Å². The zero-order chi connectivity index (χ0) is 15.5. The minimum atomic E-state index is -0.180. The average molecular weight is 292 g/mol. The van der Waals surface area contributed by atoms with Gasteiger partial charge in [0.2, 0.25) is 0 Å². The van der Waals surface area contributed by atoms with E-state index in [1.807, 2.05) is 0 Å². The predicted octanol–water partition coefficient (Wildman–Crippen LogP) is 5.57. The van der Waals surface area contributed by atoms with Crippen LogP contribution in [0.1, 0.15) is 85.0 Å². The monoisotopic (exact) mass is 292 g/mol. The highest BCUT2D eigenvalue weighted by atomic mass is 16.3. The molecule has 2 saturated carbocycles. The quantitative estimate of drug-likeness (QED) is 0.543. The Labute approximate surface area is 130 Å². The minimum Gasteiger partial charge on any atom is -0.512 e. The lowest BCUT2D eigenvalue weighted by atomic mass is 9.68. The van der Waals surface area contributed by atoms with Gasteiger partial charge in [-0.25, -0.2) is 0 Å². The molecule has 2 aliphatic carbocycles. The molecule has 2 nitrogen and oxygen atoms in total. The molecule has 0 unspecified atom stereocenters. The van der Waals surface area contributed by atoms with Gasteiger partial charge in [0.1, 0.15) is 0 Å². The lowest BCUT2D eigenvalue weighted by Gasteiger charge is -2.35. The highest BCUT2D eigenvalue weighted by Crippen LogP contribution is 2.42. The molecule has 2 fully saturated rings. The number of aliphatic hydroxyl groups excluding tert-OH is 1. The molecule has 2 aliphatic rings. The molecular formula is C19H32O2. The van der Waals surface area contributed by atoms with Crippen LogP contribution >= 0.6 is 0 Å². The van der Waals surface area contributed by atoms with Crippen molar-refractivity contribution >= 4 is 5.78 Å². The van der Waals surface area contributed by atoms with Crippen LogP contribution in [0.5, 0.6) is 0 Å². The molecule has 0 bridgehead atoms. The number of rotatable bonds is 4. The molecular weight excluding hydrogens is 260 g/mol. The standard InChI is InChI=1S/C19H32O2/c1-4-19(10-6-5-7-11-19)17(21)14-16(20)15-8-12-18(2,3)13-9-15/h14-15,20H,4-13H2,1-3H3/b16-14-. The van der Waals surface area contributed by atoms with Crippen molar-refractivity contribution in [3.63, 3.8) is 0 Å². The third-order valence-electron chi connectivity index (χ3n) is 6.05. The third kappa shape index (κ3) is 3.90. The summed E-state index contributed by atoms with van der Waals surface area (Å²) in [5.41, 5.74) is 0.217. The molecule has 0 radical (unpaired) electrons. The fraction of sp³-hybridized carbons (Fsp3) is 0.842. The maximum atomic E-state index is 12.7. The number of carbonyl (C=O) groups excluding carboxylic acids is 1. The van der Waals surface area contributed by atoms with Gasteiger partial charge >= 0.3 is 0 Å². The van der Waals surface area contributed by atoms with Crippen molar-refractivity contribution in [3.05, 3.63) is 11.8 Å². The Morgan fingerprint density at radius 1 is 1.10 bits per heavy atom. The molecule has 120 valence electrons. The van der Waals surface area contributed by atoms with Crippen molar-refractivity contribution in [2.45, 2.75) is 85.0 Å². The van der Waals surface area contributed by atoms with Crippen LogP contribution in [0.3, 0.4) is 0 Å². The first-order chi connectivity index (χ1) is 9.88. The van der Waals surface area contributed by atoms with Gasteiger partial charge < -0.3 is 5.11 Å². The van der Waals surface area contributed by atoms with Gasteiger partial charge in [0.15, 0.2) is 5.78 Å². The molecule has 0 aromatic rings. The molecule has 0 saturated heterocycles. The Bertz CT molecular complexity index is 390. The van der Waals surface area contributed by atoms with E-state index in [0.717, 1.165) is 57.8 Å². The highest BCUT2D eigenvalue weighted by Gasteiger charge is 2.37. The van der Waals surface area contributed by atoms with Crippen LogP contribution in [0.25, 0.3) is 0 Å². The molecule has 1 N–H and O–H groups in total. The van der Waals surface area contributed by atoms with Crippen LogP contribution in [0.4, 0.5) is 0 Å². The number of allylic oxidation sites excluding steroid dienone is 2. The van der Waals surface area contributed by atoms with Crippen LogP contribution in [0.15, 0.2) is 11.8 Å². The lowest BCUT2D eigenvalue weighted by molar-refractivity contribution is -0.126. The van der Waals surface area contributed by atoms with Crippen molar-refractivity contribution in [2.75, 3.05) is 0 Å². The molecule has 0 heterocycles. The van der Waals surface area contributed by atoms with Crippen LogP contribution < -0.4 is 0 Å². The maximum absolute atomic E-state index is 12.7. The summed E-state index contributed by atoms with van der Waals surface area (Å²) in [6.07, 6.45) is 12.4. The summed E-state index contributed by atoms with van der Waals surface area (Å²) < 4.78 is 0. The minimum absolute atomic E-state index is 0.180. The average Bonchev–Trinajstić information content (AvgIpc) is 2.47. The fourth-order valence-electron chi connectivity index (χ4n) is 4.10. The van der Waals surface area contributed by atoms with Gasteiger partial charge in [0.25, 0.3) is 0 Å². The van der Waals surface area contributed by atoms with Crippen molar-refractivity contribution in [1.82, 2.24) is 0 Å². The topological polar surface area (TPSA) is 37.3 Å². The van der Waals surface area contributed by atoms with Gasteiger partial charge in [-0.05, 0) is 50.4 Å². The van der Waals surface area contributed by atoms with E-state index >= 15 is 0 Å². The Hall–Kier alpha value is -0.790. The second kappa shape index (κ2) is 6.54. The summed E-state index contributed by atoms with van der Waals surface area (Å²) in [5, 5.41) is 10.4. The molecule has 0 atom stereocenters. The number of hydrogen-bond donors (Lipinski definition) is 1. The van der Waals surface area contributed by atoms with Crippen LogP contribution in [-0.4, -0.2) is 10.9 Å². The van der Waals surface area contributed by atoms with E-state index in [1.54, 1.807) is 6.08 Å². The predicted molar refractivity (Wildman–Crippen MR) is 87.3 cm³/mol. The number of hydrogen-bond acceptors (Lipinski definition) is 2. The Morgan fingerprint density at radius 3 is 2.19 bits per heavy atom.